The second-order valence-corrected chi connectivity index (χ2v) is 6.18. The van der Waals surface area contributed by atoms with Crippen LogP contribution in [0.5, 0.6) is 5.75 Å². The first-order chi connectivity index (χ1) is 12.5. The van der Waals surface area contributed by atoms with Crippen LogP contribution in [0.4, 0.5) is 5.69 Å². The van der Waals surface area contributed by atoms with E-state index < -0.39 is 18.1 Å². The van der Waals surface area contributed by atoms with Gasteiger partial charge in [-0.25, -0.2) is 0 Å². The molecular weight excluding hydrogens is 356 g/mol. The van der Waals surface area contributed by atoms with Gasteiger partial charge in [0.25, 0.3) is 5.91 Å². The van der Waals surface area contributed by atoms with Crippen molar-refractivity contribution in [1.29, 1.82) is 0 Å². The number of rotatable bonds is 8. The van der Waals surface area contributed by atoms with E-state index in [-0.39, 0.29) is 6.54 Å². The number of nitrogens with zero attached hydrogens (tertiary/aromatic N) is 1. The number of nitrogens with one attached hydrogen (secondary N) is 1. The van der Waals surface area contributed by atoms with E-state index >= 15 is 0 Å². The average Bonchev–Trinajstić information content (AvgIpc) is 2.66. The van der Waals surface area contributed by atoms with Gasteiger partial charge in [-0.05, 0) is 36.8 Å². The Kier molecular flexibility index (Phi) is 7.00. The molecule has 26 heavy (non-hydrogen) atoms. The lowest BCUT2D eigenvalue weighted by Gasteiger charge is -2.28. The van der Waals surface area contributed by atoms with Crippen LogP contribution in [-0.4, -0.2) is 36.7 Å². The first-order valence-electron chi connectivity index (χ1n) is 8.04. The van der Waals surface area contributed by atoms with Gasteiger partial charge in [-0.15, -0.1) is 0 Å². The predicted octanol–water partition coefficient (Wildman–Crippen LogP) is 2.38. The van der Waals surface area contributed by atoms with Crippen molar-refractivity contribution in [2.24, 2.45) is 0 Å². The van der Waals surface area contributed by atoms with Crippen molar-refractivity contribution in [1.82, 2.24) is 5.32 Å². The summed E-state index contributed by atoms with van der Waals surface area (Å²) in [6, 6.07) is 13.1. The molecule has 6 nitrogen and oxygen atoms in total. The van der Waals surface area contributed by atoms with Gasteiger partial charge in [0.2, 0.25) is 6.41 Å². The number of hydrogen-bond acceptors (Lipinski definition) is 4. The van der Waals surface area contributed by atoms with Gasteiger partial charge in [-0.1, -0.05) is 29.8 Å². The van der Waals surface area contributed by atoms with Crippen LogP contribution in [0.1, 0.15) is 12.5 Å². The van der Waals surface area contributed by atoms with Gasteiger partial charge in [0, 0.05) is 23.3 Å². The quantitative estimate of drug-likeness (QED) is 0.693. The molecule has 2 aromatic rings. The standard InChI is InChI=1S/C19H21ClN2O4/c1-13(22(12-23)16-7-4-8-17(10-16)26-2)18(24)19(25)21-11-14-5-3-6-15(20)9-14/h3-10,12-13,18,24H,11H2,1-2H3,(H,21,25). The van der Waals surface area contributed by atoms with E-state index in [0.717, 1.165) is 5.56 Å². The molecule has 2 unspecified atom stereocenters. The van der Waals surface area contributed by atoms with E-state index in [9.17, 15) is 14.7 Å². The summed E-state index contributed by atoms with van der Waals surface area (Å²) in [4.78, 5) is 25.1. The zero-order valence-corrected chi connectivity index (χ0v) is 15.3. The fourth-order valence-electron chi connectivity index (χ4n) is 2.47. The highest BCUT2D eigenvalue weighted by Crippen LogP contribution is 2.22. The largest absolute Gasteiger partial charge is 0.497 e. The number of amides is 2. The van der Waals surface area contributed by atoms with Crippen molar-refractivity contribution in [3.63, 3.8) is 0 Å². The van der Waals surface area contributed by atoms with Crippen LogP contribution in [0.2, 0.25) is 5.02 Å². The van der Waals surface area contributed by atoms with Gasteiger partial charge in [-0.2, -0.15) is 0 Å². The Bertz CT molecular complexity index is 769. The summed E-state index contributed by atoms with van der Waals surface area (Å²) in [5.41, 5.74) is 1.33. The first-order valence-corrected chi connectivity index (χ1v) is 8.42. The minimum Gasteiger partial charge on any atom is -0.497 e. The van der Waals surface area contributed by atoms with E-state index in [1.54, 1.807) is 49.4 Å². The Hall–Kier alpha value is -2.57. The van der Waals surface area contributed by atoms with Crippen molar-refractivity contribution in [2.75, 3.05) is 12.0 Å². The Morgan fingerprint density at radius 3 is 2.69 bits per heavy atom. The number of anilines is 1. The summed E-state index contributed by atoms with van der Waals surface area (Å²) in [5.74, 6) is -0.00586. The minimum atomic E-state index is -1.40. The van der Waals surface area contributed by atoms with Gasteiger partial charge in [-0.3, -0.25) is 9.59 Å². The summed E-state index contributed by atoms with van der Waals surface area (Å²) >= 11 is 5.91. The highest BCUT2D eigenvalue weighted by Gasteiger charge is 2.28. The monoisotopic (exact) mass is 376 g/mol. The molecule has 2 N–H and O–H groups in total. The number of methoxy groups -OCH3 is 1. The average molecular weight is 377 g/mol. The molecule has 0 aliphatic rings. The van der Waals surface area contributed by atoms with Gasteiger partial charge in [0.15, 0.2) is 6.10 Å². The second kappa shape index (κ2) is 9.22. The van der Waals surface area contributed by atoms with Crippen LogP contribution in [0.3, 0.4) is 0 Å². The SMILES string of the molecule is COc1cccc(N(C=O)C(C)C(O)C(=O)NCc2cccc(Cl)c2)c1. The summed E-state index contributed by atoms with van der Waals surface area (Å²) in [6.45, 7) is 1.82. The number of halogens is 1. The van der Waals surface area contributed by atoms with Crippen LogP contribution in [0.25, 0.3) is 0 Å². The molecule has 7 heteroatoms. The number of ether oxygens (including phenoxy) is 1. The normalized spacial score (nSPS) is 12.8. The molecule has 2 amide bonds. The number of hydrogen-bond donors (Lipinski definition) is 2. The maximum absolute atomic E-state index is 12.3. The highest BCUT2D eigenvalue weighted by molar-refractivity contribution is 6.30. The summed E-state index contributed by atoms with van der Waals surface area (Å²) < 4.78 is 5.14. The van der Waals surface area contributed by atoms with Crippen LogP contribution in [-0.2, 0) is 16.1 Å². The number of carbonyl (C=O) groups excluding carboxylic acids is 2. The predicted molar refractivity (Wildman–Crippen MR) is 100 cm³/mol. The third-order valence-corrected chi connectivity index (χ3v) is 4.22. The van der Waals surface area contributed by atoms with Gasteiger partial charge in [0.05, 0.1) is 13.2 Å². The zero-order chi connectivity index (χ0) is 19.1. The second-order valence-electron chi connectivity index (χ2n) is 5.75. The number of carbonyl (C=O) groups is 2. The fourth-order valence-corrected chi connectivity index (χ4v) is 2.69. The third-order valence-electron chi connectivity index (χ3n) is 3.99. The van der Waals surface area contributed by atoms with Gasteiger partial charge in [0.1, 0.15) is 5.75 Å². The molecule has 0 radical (unpaired) electrons. The van der Waals surface area contributed by atoms with E-state index in [4.69, 9.17) is 16.3 Å². The topological polar surface area (TPSA) is 78.9 Å². The van der Waals surface area contributed by atoms with Crippen LogP contribution >= 0.6 is 11.6 Å². The van der Waals surface area contributed by atoms with Crippen LogP contribution < -0.4 is 15.0 Å². The molecular formula is C19H21ClN2O4. The third kappa shape index (κ3) is 4.97. The van der Waals surface area contributed by atoms with E-state index in [1.807, 2.05) is 6.07 Å². The lowest BCUT2D eigenvalue weighted by molar-refractivity contribution is -0.130. The summed E-state index contributed by atoms with van der Waals surface area (Å²) in [7, 11) is 1.52. The molecule has 0 aromatic heterocycles. The van der Waals surface area contributed by atoms with E-state index in [2.05, 4.69) is 5.32 Å². The lowest BCUT2D eigenvalue weighted by atomic mass is 10.1. The Morgan fingerprint density at radius 2 is 2.04 bits per heavy atom. The molecule has 0 fully saturated rings. The first kappa shape index (κ1) is 19.8. The molecule has 0 bridgehead atoms. The molecule has 2 atom stereocenters. The lowest BCUT2D eigenvalue weighted by Crippen LogP contribution is -2.49. The van der Waals surface area contributed by atoms with E-state index in [0.29, 0.717) is 22.9 Å². The molecule has 0 aliphatic heterocycles. The van der Waals surface area contributed by atoms with Crippen molar-refractivity contribution < 1.29 is 19.4 Å². The zero-order valence-electron chi connectivity index (χ0n) is 14.6. The van der Waals surface area contributed by atoms with Crippen LogP contribution in [0, 0.1) is 0 Å². The summed E-state index contributed by atoms with van der Waals surface area (Å²) in [5, 5.41) is 13.5. The minimum absolute atomic E-state index is 0.226. The van der Waals surface area contributed by atoms with Gasteiger partial charge < -0.3 is 20.1 Å². The highest BCUT2D eigenvalue weighted by atomic mass is 35.5. The molecule has 2 aromatic carbocycles. The van der Waals surface area contributed by atoms with Gasteiger partial charge >= 0.3 is 0 Å². The molecule has 0 saturated heterocycles. The Labute approximate surface area is 157 Å². The molecule has 138 valence electrons. The fraction of sp³-hybridized carbons (Fsp3) is 0.263. The number of aliphatic hydroxyl groups is 1. The molecule has 0 saturated carbocycles. The van der Waals surface area contributed by atoms with Crippen molar-refractivity contribution in [2.45, 2.75) is 25.6 Å². The van der Waals surface area contributed by atoms with Crippen molar-refractivity contribution in [3.05, 3.63) is 59.1 Å². The Morgan fingerprint density at radius 1 is 1.31 bits per heavy atom. The van der Waals surface area contributed by atoms with E-state index in [1.165, 1.54) is 12.0 Å². The number of benzene rings is 2. The maximum Gasteiger partial charge on any atom is 0.251 e. The molecule has 0 aliphatic carbocycles. The maximum atomic E-state index is 12.3. The molecule has 0 heterocycles. The molecule has 2 rings (SSSR count). The number of aliphatic hydroxyl groups excluding tert-OH is 1. The Balaban J connectivity index is 2.04. The summed E-state index contributed by atoms with van der Waals surface area (Å²) in [6.07, 6.45) is -0.821. The molecule has 0 spiro atoms. The van der Waals surface area contributed by atoms with Crippen molar-refractivity contribution >= 4 is 29.6 Å². The smallest absolute Gasteiger partial charge is 0.251 e. The van der Waals surface area contributed by atoms with Crippen molar-refractivity contribution in [3.8, 4) is 5.75 Å². The van der Waals surface area contributed by atoms with Crippen LogP contribution in [0.15, 0.2) is 48.5 Å².